The van der Waals surface area contributed by atoms with E-state index in [1.807, 2.05) is 4.90 Å². The van der Waals surface area contributed by atoms with Crippen LogP contribution in [0.4, 0.5) is 0 Å². The minimum absolute atomic E-state index is 0.141. The minimum atomic E-state index is -0.141. The second kappa shape index (κ2) is 3.76. The Bertz CT molecular complexity index is 261. The second-order valence-electron chi connectivity index (χ2n) is 5.06. The van der Waals surface area contributed by atoms with Crippen molar-refractivity contribution in [3.63, 3.8) is 0 Å². The highest BCUT2D eigenvalue weighted by molar-refractivity contribution is 5.91. The van der Waals surface area contributed by atoms with Gasteiger partial charge in [-0.1, -0.05) is 0 Å². The molecule has 4 heteroatoms. The normalized spacial score (nSPS) is 28.1. The van der Waals surface area contributed by atoms with E-state index in [2.05, 4.69) is 31.2 Å². The van der Waals surface area contributed by atoms with Gasteiger partial charge in [-0.15, -0.1) is 0 Å². The highest BCUT2D eigenvalue weighted by atomic mass is 16.2. The predicted molar refractivity (Wildman–Crippen MR) is 59.4 cm³/mol. The van der Waals surface area contributed by atoms with E-state index in [1.54, 1.807) is 0 Å². The lowest BCUT2D eigenvalue weighted by atomic mass is 10.2. The molecule has 1 aliphatic heterocycles. The van der Waals surface area contributed by atoms with Crippen molar-refractivity contribution in [1.82, 2.24) is 15.1 Å². The fraction of sp³-hybridized carbons (Fsp3) is 0.909. The van der Waals surface area contributed by atoms with E-state index in [9.17, 15) is 4.79 Å². The van der Waals surface area contributed by atoms with Gasteiger partial charge in [-0.3, -0.25) is 10.1 Å². The van der Waals surface area contributed by atoms with Gasteiger partial charge in [-0.05, 0) is 46.8 Å². The van der Waals surface area contributed by atoms with Gasteiger partial charge in [0.05, 0.1) is 11.7 Å². The van der Waals surface area contributed by atoms with Crippen molar-refractivity contribution in [2.45, 2.75) is 37.9 Å². The zero-order chi connectivity index (χ0) is 11.1. The summed E-state index contributed by atoms with van der Waals surface area (Å²) >= 11 is 0. The summed E-state index contributed by atoms with van der Waals surface area (Å²) in [6, 6.07) is 0. The second-order valence-corrected chi connectivity index (χ2v) is 5.06. The van der Waals surface area contributed by atoms with E-state index in [0.717, 1.165) is 32.4 Å². The molecular formula is C11H21N3O. The Morgan fingerprint density at radius 1 is 1.53 bits per heavy atom. The highest BCUT2D eigenvalue weighted by Gasteiger charge is 2.57. The summed E-state index contributed by atoms with van der Waals surface area (Å²) in [5.41, 5.74) is -0.141. The quantitative estimate of drug-likeness (QED) is 0.724. The maximum atomic E-state index is 12.0. The maximum Gasteiger partial charge on any atom is 0.244 e. The fourth-order valence-electron chi connectivity index (χ4n) is 2.33. The molecule has 0 radical (unpaired) electrons. The van der Waals surface area contributed by atoms with E-state index in [0.29, 0.717) is 5.91 Å². The Balaban J connectivity index is 1.84. The molecule has 4 nitrogen and oxygen atoms in total. The molecule has 1 amide bonds. The van der Waals surface area contributed by atoms with Crippen LogP contribution >= 0.6 is 0 Å². The number of carbonyl (C=O) groups is 1. The smallest absolute Gasteiger partial charge is 0.244 e. The van der Waals surface area contributed by atoms with Crippen molar-refractivity contribution >= 4 is 5.91 Å². The Kier molecular flexibility index (Phi) is 2.73. The zero-order valence-corrected chi connectivity index (χ0v) is 9.92. The van der Waals surface area contributed by atoms with Crippen LogP contribution in [0.25, 0.3) is 0 Å². The maximum absolute atomic E-state index is 12.0. The molecule has 0 aromatic carbocycles. The minimum Gasteiger partial charge on any atom is -0.326 e. The van der Waals surface area contributed by atoms with Crippen LogP contribution in [-0.2, 0) is 4.79 Å². The van der Waals surface area contributed by atoms with Crippen molar-refractivity contribution in [1.29, 1.82) is 0 Å². The number of rotatable bonds is 4. The van der Waals surface area contributed by atoms with Crippen LogP contribution in [0.2, 0.25) is 0 Å². The van der Waals surface area contributed by atoms with E-state index >= 15 is 0 Å². The molecule has 2 rings (SSSR count). The molecule has 1 unspecified atom stereocenters. The van der Waals surface area contributed by atoms with Gasteiger partial charge in [0.1, 0.15) is 0 Å². The topological polar surface area (TPSA) is 35.6 Å². The molecule has 1 aliphatic carbocycles. The Morgan fingerprint density at radius 2 is 2.20 bits per heavy atom. The third-order valence-electron chi connectivity index (χ3n) is 3.38. The van der Waals surface area contributed by atoms with Crippen molar-refractivity contribution in [2.24, 2.45) is 0 Å². The molecule has 0 bridgehead atoms. The van der Waals surface area contributed by atoms with Crippen LogP contribution in [-0.4, -0.2) is 54.6 Å². The molecule has 0 aromatic rings. The van der Waals surface area contributed by atoms with E-state index in [1.165, 1.54) is 0 Å². The number of nitrogens with one attached hydrogen (secondary N) is 1. The SMILES string of the molecule is CC1NC2(CC2)C(=O)N1CCCN(C)C. The van der Waals surface area contributed by atoms with Gasteiger partial charge in [0.15, 0.2) is 0 Å². The van der Waals surface area contributed by atoms with Crippen LogP contribution in [0.1, 0.15) is 26.2 Å². The Morgan fingerprint density at radius 3 is 2.67 bits per heavy atom. The molecule has 1 spiro atoms. The molecule has 15 heavy (non-hydrogen) atoms. The van der Waals surface area contributed by atoms with Crippen molar-refractivity contribution in [3.05, 3.63) is 0 Å². The molecule has 86 valence electrons. The first-order valence-electron chi connectivity index (χ1n) is 5.79. The molecule has 0 aromatic heterocycles. The molecule has 1 N–H and O–H groups in total. The molecule has 1 atom stereocenters. The van der Waals surface area contributed by atoms with E-state index < -0.39 is 0 Å². The summed E-state index contributed by atoms with van der Waals surface area (Å²) < 4.78 is 0. The predicted octanol–water partition coefficient (Wildman–Crippen LogP) is 0.249. The summed E-state index contributed by atoms with van der Waals surface area (Å²) in [5.74, 6) is 0.328. The summed E-state index contributed by atoms with van der Waals surface area (Å²) in [7, 11) is 4.13. The van der Waals surface area contributed by atoms with Gasteiger partial charge in [0.2, 0.25) is 5.91 Å². The Labute approximate surface area is 91.6 Å². The van der Waals surface area contributed by atoms with Crippen LogP contribution < -0.4 is 5.32 Å². The van der Waals surface area contributed by atoms with Crippen LogP contribution in [0.5, 0.6) is 0 Å². The first kappa shape index (κ1) is 10.9. The Hall–Kier alpha value is -0.610. The molecule has 1 heterocycles. The molecule has 2 aliphatic rings. The lowest BCUT2D eigenvalue weighted by molar-refractivity contribution is -0.130. The van der Waals surface area contributed by atoms with Crippen molar-refractivity contribution < 1.29 is 4.79 Å². The van der Waals surface area contributed by atoms with Gasteiger partial charge in [0, 0.05) is 6.54 Å². The van der Waals surface area contributed by atoms with E-state index in [-0.39, 0.29) is 11.7 Å². The number of amides is 1. The van der Waals surface area contributed by atoms with Crippen LogP contribution in [0.15, 0.2) is 0 Å². The molecular weight excluding hydrogens is 190 g/mol. The molecule has 2 fully saturated rings. The molecule has 1 saturated carbocycles. The first-order valence-corrected chi connectivity index (χ1v) is 5.79. The number of nitrogens with zero attached hydrogens (tertiary/aromatic N) is 2. The van der Waals surface area contributed by atoms with Crippen molar-refractivity contribution in [2.75, 3.05) is 27.2 Å². The summed E-state index contributed by atoms with van der Waals surface area (Å²) in [6.07, 6.45) is 3.34. The third-order valence-corrected chi connectivity index (χ3v) is 3.38. The van der Waals surface area contributed by atoms with Gasteiger partial charge in [-0.2, -0.15) is 0 Å². The summed E-state index contributed by atoms with van der Waals surface area (Å²) in [5, 5.41) is 3.40. The fourth-order valence-corrected chi connectivity index (χ4v) is 2.33. The van der Waals surface area contributed by atoms with Gasteiger partial charge >= 0.3 is 0 Å². The summed E-state index contributed by atoms with van der Waals surface area (Å²) in [6.45, 7) is 4.01. The monoisotopic (exact) mass is 211 g/mol. The average molecular weight is 211 g/mol. The standard InChI is InChI=1S/C11H21N3O/c1-9-12-11(5-6-11)10(15)14(9)8-4-7-13(2)3/h9,12H,4-8H2,1-3H3. The lowest BCUT2D eigenvalue weighted by Crippen LogP contribution is -2.36. The summed E-state index contributed by atoms with van der Waals surface area (Å²) in [4.78, 5) is 16.2. The number of hydrogen-bond donors (Lipinski definition) is 1. The van der Waals surface area contributed by atoms with Gasteiger partial charge in [0.25, 0.3) is 0 Å². The van der Waals surface area contributed by atoms with Crippen molar-refractivity contribution in [3.8, 4) is 0 Å². The molecule has 1 saturated heterocycles. The third kappa shape index (κ3) is 2.01. The van der Waals surface area contributed by atoms with E-state index in [4.69, 9.17) is 0 Å². The highest BCUT2D eigenvalue weighted by Crippen LogP contribution is 2.41. The number of hydrogen-bond acceptors (Lipinski definition) is 3. The average Bonchev–Trinajstić information content (AvgIpc) is 2.87. The largest absolute Gasteiger partial charge is 0.326 e. The van der Waals surface area contributed by atoms with Gasteiger partial charge < -0.3 is 9.80 Å². The van der Waals surface area contributed by atoms with Gasteiger partial charge in [-0.25, -0.2) is 0 Å². The van der Waals surface area contributed by atoms with Crippen LogP contribution in [0.3, 0.4) is 0 Å². The van der Waals surface area contributed by atoms with Crippen LogP contribution in [0, 0.1) is 0 Å². The zero-order valence-electron chi connectivity index (χ0n) is 9.92. The first-order chi connectivity index (χ1) is 7.05. The number of carbonyl (C=O) groups excluding carboxylic acids is 1. The lowest BCUT2D eigenvalue weighted by Gasteiger charge is -2.21.